The molecule has 0 unspecified atom stereocenters. The average Bonchev–Trinajstić information content (AvgIpc) is 2.55. The molecule has 0 radical (unpaired) electrons. The number of nitrogens with zero attached hydrogens (tertiary/aromatic N) is 1. The van der Waals surface area contributed by atoms with Gasteiger partial charge in [-0.25, -0.2) is 0 Å². The molecular formula is C18H22ClNO3. The first-order valence-corrected chi connectivity index (χ1v) is 8.36. The summed E-state index contributed by atoms with van der Waals surface area (Å²) >= 11 is 6.04. The van der Waals surface area contributed by atoms with Gasteiger partial charge in [0.15, 0.2) is 0 Å². The van der Waals surface area contributed by atoms with Crippen molar-refractivity contribution in [1.82, 2.24) is 4.90 Å². The summed E-state index contributed by atoms with van der Waals surface area (Å²) < 4.78 is 11.3. The third-order valence-electron chi connectivity index (χ3n) is 4.68. The molecule has 23 heavy (non-hydrogen) atoms. The predicted molar refractivity (Wildman–Crippen MR) is 90.2 cm³/mol. The maximum atomic E-state index is 12.8. The lowest BCUT2D eigenvalue weighted by atomic mass is 9.87. The zero-order valence-electron chi connectivity index (χ0n) is 13.6. The van der Waals surface area contributed by atoms with E-state index in [1.54, 1.807) is 25.3 Å². The van der Waals surface area contributed by atoms with E-state index in [1.165, 1.54) is 5.57 Å². The van der Waals surface area contributed by atoms with Crippen LogP contribution >= 0.6 is 11.6 Å². The molecular weight excluding hydrogens is 314 g/mol. The molecule has 1 fully saturated rings. The molecule has 0 atom stereocenters. The van der Waals surface area contributed by atoms with E-state index < -0.39 is 0 Å². The van der Waals surface area contributed by atoms with Crippen LogP contribution in [0.25, 0.3) is 0 Å². The van der Waals surface area contributed by atoms with Crippen LogP contribution in [0.15, 0.2) is 29.8 Å². The van der Waals surface area contributed by atoms with E-state index in [0.29, 0.717) is 29.4 Å². The first kappa shape index (κ1) is 16.3. The van der Waals surface area contributed by atoms with E-state index in [-0.39, 0.29) is 11.5 Å². The van der Waals surface area contributed by atoms with Crippen LogP contribution in [0.4, 0.5) is 0 Å². The highest BCUT2D eigenvalue weighted by molar-refractivity contribution is 6.31. The Labute approximate surface area is 142 Å². The number of piperidine rings is 1. The molecule has 2 aliphatic rings. The SMILES string of the molecule is COc1ccc(Cl)cc1C(=O)N1CCC2(C=C(C)CCO2)CC1. The lowest BCUT2D eigenvalue weighted by molar-refractivity contribution is -0.0522. The van der Waals surface area contributed by atoms with Gasteiger partial charge in [0, 0.05) is 18.1 Å². The van der Waals surface area contributed by atoms with Gasteiger partial charge < -0.3 is 14.4 Å². The van der Waals surface area contributed by atoms with Gasteiger partial charge in [-0.15, -0.1) is 0 Å². The standard InChI is InChI=1S/C18H22ClNO3/c1-13-5-10-23-18(12-13)6-8-20(9-7-18)17(21)15-11-14(19)3-4-16(15)22-2/h3-4,11-12H,5-10H2,1-2H3. The Hall–Kier alpha value is -1.52. The van der Waals surface area contributed by atoms with Crippen molar-refractivity contribution in [3.8, 4) is 5.75 Å². The number of benzene rings is 1. The van der Waals surface area contributed by atoms with Crippen molar-refractivity contribution in [2.24, 2.45) is 0 Å². The normalized spacial score (nSPS) is 20.3. The fraction of sp³-hybridized carbons (Fsp3) is 0.500. The van der Waals surface area contributed by atoms with Gasteiger partial charge in [-0.05, 0) is 44.4 Å². The van der Waals surface area contributed by atoms with Crippen LogP contribution in [0.3, 0.4) is 0 Å². The van der Waals surface area contributed by atoms with Gasteiger partial charge in [0.1, 0.15) is 5.75 Å². The molecule has 2 aliphatic heterocycles. The largest absolute Gasteiger partial charge is 0.496 e. The first-order valence-electron chi connectivity index (χ1n) is 7.98. The second kappa shape index (κ2) is 6.54. The van der Waals surface area contributed by atoms with Crippen molar-refractivity contribution in [3.05, 3.63) is 40.4 Å². The summed E-state index contributed by atoms with van der Waals surface area (Å²) in [6.07, 6.45) is 4.92. The third kappa shape index (κ3) is 3.38. The Morgan fingerprint density at radius 1 is 1.35 bits per heavy atom. The third-order valence-corrected chi connectivity index (χ3v) is 4.92. The van der Waals surface area contributed by atoms with Crippen LogP contribution in [-0.2, 0) is 4.74 Å². The van der Waals surface area contributed by atoms with E-state index in [1.807, 2.05) is 4.90 Å². The van der Waals surface area contributed by atoms with Crippen LogP contribution in [0.5, 0.6) is 5.75 Å². The lowest BCUT2D eigenvalue weighted by Crippen LogP contribution is -2.48. The molecule has 1 aromatic rings. The summed E-state index contributed by atoms with van der Waals surface area (Å²) in [4.78, 5) is 14.7. The number of carbonyl (C=O) groups is 1. The monoisotopic (exact) mass is 335 g/mol. The molecule has 1 spiro atoms. The zero-order chi connectivity index (χ0) is 16.4. The van der Waals surface area contributed by atoms with Gasteiger partial charge >= 0.3 is 0 Å². The Kier molecular flexibility index (Phi) is 4.64. The first-order chi connectivity index (χ1) is 11.0. The molecule has 0 aromatic heterocycles. The van der Waals surface area contributed by atoms with Crippen LogP contribution in [0, 0.1) is 0 Å². The summed E-state index contributed by atoms with van der Waals surface area (Å²) in [6.45, 7) is 4.29. The Balaban J connectivity index is 1.74. The van der Waals surface area contributed by atoms with E-state index >= 15 is 0 Å². The van der Waals surface area contributed by atoms with Gasteiger partial charge in [-0.3, -0.25) is 4.79 Å². The van der Waals surface area contributed by atoms with Crippen molar-refractivity contribution in [2.75, 3.05) is 26.8 Å². The van der Waals surface area contributed by atoms with Crippen LogP contribution in [-0.4, -0.2) is 43.2 Å². The molecule has 124 valence electrons. The lowest BCUT2D eigenvalue weighted by Gasteiger charge is -2.42. The maximum absolute atomic E-state index is 12.8. The predicted octanol–water partition coefficient (Wildman–Crippen LogP) is 3.69. The number of carbonyl (C=O) groups excluding carboxylic acids is 1. The molecule has 5 heteroatoms. The summed E-state index contributed by atoms with van der Waals surface area (Å²) in [5, 5.41) is 0.539. The Morgan fingerprint density at radius 2 is 2.09 bits per heavy atom. The fourth-order valence-electron chi connectivity index (χ4n) is 3.37. The summed E-state index contributed by atoms with van der Waals surface area (Å²) in [7, 11) is 1.56. The number of amides is 1. The van der Waals surface area contributed by atoms with Gasteiger partial charge in [0.05, 0.1) is 24.9 Å². The van der Waals surface area contributed by atoms with Crippen molar-refractivity contribution in [2.45, 2.75) is 31.8 Å². The molecule has 0 bridgehead atoms. The van der Waals surface area contributed by atoms with Crippen molar-refractivity contribution in [1.29, 1.82) is 0 Å². The zero-order valence-corrected chi connectivity index (χ0v) is 14.4. The van der Waals surface area contributed by atoms with Crippen LogP contribution in [0.1, 0.15) is 36.5 Å². The van der Waals surface area contributed by atoms with E-state index in [0.717, 1.165) is 25.9 Å². The quantitative estimate of drug-likeness (QED) is 0.774. The van der Waals surface area contributed by atoms with Gasteiger partial charge in [-0.1, -0.05) is 23.3 Å². The summed E-state index contributed by atoms with van der Waals surface area (Å²) in [5.41, 5.74) is 1.72. The molecule has 4 nitrogen and oxygen atoms in total. The average molecular weight is 336 g/mol. The Morgan fingerprint density at radius 3 is 2.74 bits per heavy atom. The molecule has 1 aromatic carbocycles. The fourth-order valence-corrected chi connectivity index (χ4v) is 3.54. The molecule has 1 saturated heterocycles. The van der Waals surface area contributed by atoms with Crippen LogP contribution in [0.2, 0.25) is 5.02 Å². The summed E-state index contributed by atoms with van der Waals surface area (Å²) in [6, 6.07) is 5.14. The molecule has 0 aliphatic carbocycles. The van der Waals surface area contributed by atoms with Gasteiger partial charge in [-0.2, -0.15) is 0 Å². The number of hydrogen-bond acceptors (Lipinski definition) is 3. The number of hydrogen-bond donors (Lipinski definition) is 0. The molecule has 2 heterocycles. The second-order valence-corrected chi connectivity index (χ2v) is 6.73. The maximum Gasteiger partial charge on any atom is 0.257 e. The van der Waals surface area contributed by atoms with Crippen molar-refractivity contribution >= 4 is 17.5 Å². The van der Waals surface area contributed by atoms with E-state index in [4.69, 9.17) is 21.1 Å². The topological polar surface area (TPSA) is 38.8 Å². The number of likely N-dealkylation sites (tertiary alicyclic amines) is 1. The van der Waals surface area contributed by atoms with Gasteiger partial charge in [0.25, 0.3) is 5.91 Å². The number of rotatable bonds is 2. The minimum Gasteiger partial charge on any atom is -0.496 e. The summed E-state index contributed by atoms with van der Waals surface area (Å²) in [5.74, 6) is 0.528. The highest BCUT2D eigenvalue weighted by atomic mass is 35.5. The molecule has 3 rings (SSSR count). The highest BCUT2D eigenvalue weighted by Crippen LogP contribution is 2.34. The minimum atomic E-state index is -0.183. The Bertz CT molecular complexity index is 633. The second-order valence-electron chi connectivity index (χ2n) is 6.29. The van der Waals surface area contributed by atoms with Crippen molar-refractivity contribution in [3.63, 3.8) is 0 Å². The van der Waals surface area contributed by atoms with Crippen LogP contribution < -0.4 is 4.74 Å². The van der Waals surface area contributed by atoms with Gasteiger partial charge in [0.2, 0.25) is 0 Å². The number of methoxy groups -OCH3 is 1. The highest BCUT2D eigenvalue weighted by Gasteiger charge is 2.37. The smallest absolute Gasteiger partial charge is 0.257 e. The molecule has 0 saturated carbocycles. The molecule has 0 N–H and O–H groups in total. The number of halogens is 1. The van der Waals surface area contributed by atoms with E-state index in [2.05, 4.69) is 13.0 Å². The molecule has 1 amide bonds. The van der Waals surface area contributed by atoms with E-state index in [9.17, 15) is 4.79 Å². The number of ether oxygens (including phenoxy) is 2. The van der Waals surface area contributed by atoms with Crippen molar-refractivity contribution < 1.29 is 14.3 Å². The minimum absolute atomic E-state index is 0.0317.